The van der Waals surface area contributed by atoms with Crippen LogP contribution in [-0.2, 0) is 4.79 Å². The van der Waals surface area contributed by atoms with E-state index in [2.05, 4.69) is 24.8 Å². The van der Waals surface area contributed by atoms with Gasteiger partial charge in [-0.15, -0.1) is 0 Å². The third-order valence-corrected chi connectivity index (χ3v) is 6.42. The number of nitrogens with two attached hydrogens (primary N) is 1. The highest BCUT2D eigenvalue weighted by molar-refractivity contribution is 7.22. The van der Waals surface area contributed by atoms with Crippen molar-refractivity contribution in [2.45, 2.75) is 26.7 Å². The van der Waals surface area contributed by atoms with Crippen molar-refractivity contribution < 1.29 is 4.79 Å². The Morgan fingerprint density at radius 1 is 1.21 bits per heavy atom. The summed E-state index contributed by atoms with van der Waals surface area (Å²) in [5.74, 6) is 0.221. The van der Waals surface area contributed by atoms with Crippen molar-refractivity contribution in [2.75, 3.05) is 37.6 Å². The van der Waals surface area contributed by atoms with Gasteiger partial charge < -0.3 is 15.5 Å². The summed E-state index contributed by atoms with van der Waals surface area (Å²) in [6, 6.07) is 8.22. The Kier molecular flexibility index (Phi) is 5.06. The average Bonchev–Trinajstić information content (AvgIpc) is 3.08. The van der Waals surface area contributed by atoms with Crippen LogP contribution in [-0.4, -0.2) is 48.5 Å². The zero-order valence-corrected chi connectivity index (χ0v) is 15.3. The Morgan fingerprint density at radius 3 is 2.46 bits per heavy atom. The Balaban J connectivity index is 1.68. The van der Waals surface area contributed by atoms with Crippen LogP contribution in [0.4, 0.5) is 5.13 Å². The molecule has 1 fully saturated rings. The van der Waals surface area contributed by atoms with Crippen LogP contribution in [0.15, 0.2) is 24.3 Å². The Bertz CT molecular complexity index is 661. The number of hydrogen-bond acceptors (Lipinski definition) is 5. The van der Waals surface area contributed by atoms with E-state index >= 15 is 0 Å². The van der Waals surface area contributed by atoms with Gasteiger partial charge >= 0.3 is 0 Å². The maximum atomic E-state index is 12.9. The van der Waals surface area contributed by atoms with Gasteiger partial charge in [0.05, 0.1) is 15.6 Å². The standard InChI is InChI=1S/C18H26N4OS/c1-3-18(4-2,13-19)16(23)21-9-11-22(12-10-21)17-20-14-7-5-6-8-15(14)24-17/h5-8H,3-4,9-13,19H2,1-2H3. The molecule has 1 aliphatic heterocycles. The summed E-state index contributed by atoms with van der Waals surface area (Å²) in [4.78, 5) is 21.9. The van der Waals surface area contributed by atoms with Gasteiger partial charge in [-0.25, -0.2) is 4.98 Å². The minimum Gasteiger partial charge on any atom is -0.345 e. The molecule has 5 nitrogen and oxygen atoms in total. The summed E-state index contributed by atoms with van der Waals surface area (Å²) in [5.41, 5.74) is 6.59. The Morgan fingerprint density at radius 2 is 1.88 bits per heavy atom. The van der Waals surface area contributed by atoms with Gasteiger partial charge in [0.25, 0.3) is 0 Å². The minimum atomic E-state index is -0.391. The van der Waals surface area contributed by atoms with Crippen LogP contribution in [0.25, 0.3) is 10.2 Å². The lowest BCUT2D eigenvalue weighted by molar-refractivity contribution is -0.142. The predicted octanol–water partition coefficient (Wildman–Crippen LogP) is 2.71. The van der Waals surface area contributed by atoms with Crippen LogP contribution in [0.3, 0.4) is 0 Å². The van der Waals surface area contributed by atoms with Crippen LogP contribution in [0.1, 0.15) is 26.7 Å². The number of aromatic nitrogens is 1. The molecule has 0 atom stereocenters. The third kappa shape index (κ3) is 3.00. The van der Waals surface area contributed by atoms with Crippen LogP contribution in [0, 0.1) is 5.41 Å². The summed E-state index contributed by atoms with van der Waals surface area (Å²) in [7, 11) is 0. The second-order valence-electron chi connectivity index (χ2n) is 6.43. The van der Waals surface area contributed by atoms with Gasteiger partial charge in [0.15, 0.2) is 5.13 Å². The quantitative estimate of drug-likeness (QED) is 0.904. The number of para-hydroxylation sites is 1. The molecule has 1 aromatic heterocycles. The maximum Gasteiger partial charge on any atom is 0.230 e. The number of thiazole rings is 1. The fourth-order valence-corrected chi connectivity index (χ4v) is 4.38. The number of fused-ring (bicyclic) bond motifs is 1. The highest BCUT2D eigenvalue weighted by atomic mass is 32.1. The molecule has 3 rings (SSSR count). The molecule has 0 bridgehead atoms. The molecular formula is C18H26N4OS. The van der Waals surface area contributed by atoms with E-state index in [0.717, 1.165) is 49.7 Å². The lowest BCUT2D eigenvalue weighted by Crippen LogP contribution is -2.54. The smallest absolute Gasteiger partial charge is 0.230 e. The zero-order valence-electron chi connectivity index (χ0n) is 14.5. The number of carbonyl (C=O) groups is 1. The summed E-state index contributed by atoms with van der Waals surface area (Å²) < 4.78 is 1.21. The highest BCUT2D eigenvalue weighted by Gasteiger charge is 2.38. The molecule has 1 aliphatic rings. The van der Waals surface area contributed by atoms with Crippen LogP contribution in [0.2, 0.25) is 0 Å². The van der Waals surface area contributed by atoms with Crippen molar-refractivity contribution in [3.8, 4) is 0 Å². The van der Waals surface area contributed by atoms with Gasteiger partial charge in [-0.2, -0.15) is 0 Å². The highest BCUT2D eigenvalue weighted by Crippen LogP contribution is 2.31. The van der Waals surface area contributed by atoms with Gasteiger partial charge in [-0.1, -0.05) is 37.3 Å². The molecule has 1 amide bonds. The largest absolute Gasteiger partial charge is 0.345 e. The molecule has 0 radical (unpaired) electrons. The first-order chi connectivity index (χ1) is 11.6. The van der Waals surface area contributed by atoms with Crippen LogP contribution < -0.4 is 10.6 Å². The van der Waals surface area contributed by atoms with Gasteiger partial charge in [-0.3, -0.25) is 4.79 Å². The number of benzene rings is 1. The van der Waals surface area contributed by atoms with Crippen molar-refractivity contribution in [1.29, 1.82) is 0 Å². The molecule has 1 aromatic carbocycles. The van der Waals surface area contributed by atoms with Crippen molar-refractivity contribution in [3.63, 3.8) is 0 Å². The molecule has 0 aliphatic carbocycles. The van der Waals surface area contributed by atoms with E-state index in [0.29, 0.717) is 6.54 Å². The monoisotopic (exact) mass is 346 g/mol. The first-order valence-electron chi connectivity index (χ1n) is 8.73. The lowest BCUT2D eigenvalue weighted by atomic mass is 9.81. The molecule has 0 saturated carbocycles. The molecule has 130 valence electrons. The van der Waals surface area contributed by atoms with Gasteiger partial charge in [-0.05, 0) is 25.0 Å². The fraction of sp³-hybridized carbons (Fsp3) is 0.556. The second-order valence-corrected chi connectivity index (χ2v) is 7.44. The Labute approximate surface area is 147 Å². The summed E-state index contributed by atoms with van der Waals surface area (Å²) in [6.45, 7) is 7.71. The molecule has 6 heteroatoms. The first kappa shape index (κ1) is 17.2. The molecule has 2 heterocycles. The summed E-state index contributed by atoms with van der Waals surface area (Å²) in [6.07, 6.45) is 1.60. The topological polar surface area (TPSA) is 62.5 Å². The molecule has 0 unspecified atom stereocenters. The van der Waals surface area contributed by atoms with E-state index in [1.165, 1.54) is 4.70 Å². The molecule has 2 N–H and O–H groups in total. The molecular weight excluding hydrogens is 320 g/mol. The number of amides is 1. The first-order valence-corrected chi connectivity index (χ1v) is 9.55. The average molecular weight is 347 g/mol. The van der Waals surface area contributed by atoms with Crippen molar-refractivity contribution in [1.82, 2.24) is 9.88 Å². The summed E-state index contributed by atoms with van der Waals surface area (Å²) in [5, 5.41) is 1.05. The maximum absolute atomic E-state index is 12.9. The number of piperazine rings is 1. The Hall–Kier alpha value is -1.66. The van der Waals surface area contributed by atoms with Crippen LogP contribution in [0.5, 0.6) is 0 Å². The van der Waals surface area contributed by atoms with Crippen LogP contribution >= 0.6 is 11.3 Å². The van der Waals surface area contributed by atoms with Crippen molar-refractivity contribution in [3.05, 3.63) is 24.3 Å². The molecule has 2 aromatic rings. The predicted molar refractivity (Wildman–Crippen MR) is 100 cm³/mol. The van der Waals surface area contributed by atoms with E-state index in [9.17, 15) is 4.79 Å². The molecule has 0 spiro atoms. The minimum absolute atomic E-state index is 0.221. The fourth-order valence-electron chi connectivity index (χ4n) is 3.36. The van der Waals surface area contributed by atoms with E-state index in [4.69, 9.17) is 10.7 Å². The number of anilines is 1. The molecule has 24 heavy (non-hydrogen) atoms. The van der Waals surface area contributed by atoms with Gasteiger partial charge in [0.2, 0.25) is 5.91 Å². The van der Waals surface area contributed by atoms with Gasteiger partial charge in [0, 0.05) is 32.7 Å². The van der Waals surface area contributed by atoms with Crippen molar-refractivity contribution >= 4 is 32.6 Å². The van der Waals surface area contributed by atoms with Gasteiger partial charge in [0.1, 0.15) is 0 Å². The van der Waals surface area contributed by atoms with E-state index in [1.807, 2.05) is 23.1 Å². The number of nitrogens with zero attached hydrogens (tertiary/aromatic N) is 3. The third-order valence-electron chi connectivity index (χ3n) is 5.32. The van der Waals surface area contributed by atoms with E-state index in [-0.39, 0.29) is 5.91 Å². The van der Waals surface area contributed by atoms with E-state index in [1.54, 1.807) is 11.3 Å². The van der Waals surface area contributed by atoms with Crippen molar-refractivity contribution in [2.24, 2.45) is 11.1 Å². The normalized spacial score (nSPS) is 16.0. The number of carbonyl (C=O) groups excluding carboxylic acids is 1. The SMILES string of the molecule is CCC(CC)(CN)C(=O)N1CCN(c2nc3ccccc3s2)CC1. The number of hydrogen-bond donors (Lipinski definition) is 1. The molecule has 1 saturated heterocycles. The number of rotatable bonds is 5. The van der Waals surface area contributed by atoms with E-state index < -0.39 is 5.41 Å². The lowest BCUT2D eigenvalue weighted by Gasteiger charge is -2.40. The summed E-state index contributed by atoms with van der Waals surface area (Å²) >= 11 is 1.72. The zero-order chi connectivity index (χ0) is 17.2. The second kappa shape index (κ2) is 7.07.